The second kappa shape index (κ2) is 8.50. The molecule has 0 fully saturated rings. The number of hydrogen-bond acceptors (Lipinski definition) is 8. The summed E-state index contributed by atoms with van der Waals surface area (Å²) < 4.78 is 0. The topological polar surface area (TPSA) is 137 Å². The number of nitrogens with two attached hydrogens (primary N) is 1. The molecule has 8 nitrogen and oxygen atoms in total. The number of aromatic nitrogens is 4. The molecule has 0 aliphatic carbocycles. The number of allylic oxidation sites excluding steroid dienone is 1. The third-order valence-electron chi connectivity index (χ3n) is 4.95. The van der Waals surface area contributed by atoms with Crippen molar-refractivity contribution >= 4 is 34.6 Å². The molecule has 8 heteroatoms. The summed E-state index contributed by atoms with van der Waals surface area (Å²) in [7, 11) is 0. The molecule has 0 atom stereocenters. The van der Waals surface area contributed by atoms with Gasteiger partial charge in [0.25, 0.3) is 0 Å². The molecule has 3 N–H and O–H groups in total. The Morgan fingerprint density at radius 2 is 1.78 bits per heavy atom. The van der Waals surface area contributed by atoms with E-state index in [-0.39, 0.29) is 11.6 Å². The Balaban J connectivity index is 1.83. The molecule has 0 radical (unpaired) electrons. The summed E-state index contributed by atoms with van der Waals surface area (Å²) in [5, 5.41) is 29.2. The summed E-state index contributed by atoms with van der Waals surface area (Å²) in [5.74, 6) is 1.02. The summed E-state index contributed by atoms with van der Waals surface area (Å²) in [6, 6.07) is 17.0. The minimum absolute atomic E-state index is 0.218. The number of nitrogen functional groups attached to an aromatic ring is 1. The Hall–Kier alpha value is -4.82. The van der Waals surface area contributed by atoms with Crippen LogP contribution >= 0.6 is 0 Å². The van der Waals surface area contributed by atoms with E-state index in [1.54, 1.807) is 18.2 Å². The van der Waals surface area contributed by atoms with Gasteiger partial charge in [0.1, 0.15) is 11.9 Å². The summed E-state index contributed by atoms with van der Waals surface area (Å²) in [5.41, 5.74) is 12.2. The van der Waals surface area contributed by atoms with Gasteiger partial charge in [-0.3, -0.25) is 0 Å². The van der Waals surface area contributed by atoms with E-state index < -0.39 is 0 Å². The van der Waals surface area contributed by atoms with Gasteiger partial charge < -0.3 is 11.1 Å². The Labute approximate surface area is 184 Å². The van der Waals surface area contributed by atoms with Crippen LogP contribution in [-0.4, -0.2) is 20.2 Å². The van der Waals surface area contributed by atoms with E-state index in [2.05, 4.69) is 20.5 Å². The normalized spacial score (nSPS) is 10.8. The number of aryl methyl sites for hydroxylation is 2. The van der Waals surface area contributed by atoms with Crippen LogP contribution in [0.5, 0.6) is 0 Å². The van der Waals surface area contributed by atoms with Crippen molar-refractivity contribution < 1.29 is 0 Å². The molecule has 2 aromatic heterocycles. The smallest absolute Gasteiger partial charge is 0.230 e. The minimum Gasteiger partial charge on any atom is -0.383 e. The highest BCUT2D eigenvalue weighted by Crippen LogP contribution is 2.35. The molecule has 0 unspecified atom stereocenters. The number of benzene rings is 2. The molecule has 32 heavy (non-hydrogen) atoms. The number of para-hydroxylation sites is 1. The number of nitriles is 2. The third kappa shape index (κ3) is 3.93. The van der Waals surface area contributed by atoms with Gasteiger partial charge in [-0.05, 0) is 60.4 Å². The fourth-order valence-corrected chi connectivity index (χ4v) is 3.66. The Morgan fingerprint density at radius 3 is 2.44 bits per heavy atom. The molecule has 4 rings (SSSR count). The highest BCUT2D eigenvalue weighted by molar-refractivity contribution is 6.00. The zero-order chi connectivity index (χ0) is 22.7. The lowest BCUT2D eigenvalue weighted by Crippen LogP contribution is -2.04. The van der Waals surface area contributed by atoms with Gasteiger partial charge >= 0.3 is 0 Å². The zero-order valence-electron chi connectivity index (χ0n) is 17.5. The maximum atomic E-state index is 8.88. The maximum Gasteiger partial charge on any atom is 0.230 e. The van der Waals surface area contributed by atoms with E-state index in [1.165, 1.54) is 6.08 Å². The molecule has 154 valence electrons. The second-order valence-corrected chi connectivity index (χ2v) is 7.17. The van der Waals surface area contributed by atoms with Crippen LogP contribution in [0, 0.1) is 36.5 Å². The summed E-state index contributed by atoms with van der Waals surface area (Å²) >= 11 is 0. The van der Waals surface area contributed by atoms with Crippen molar-refractivity contribution in [2.24, 2.45) is 0 Å². The van der Waals surface area contributed by atoms with Crippen LogP contribution in [0.15, 0.2) is 48.5 Å². The van der Waals surface area contributed by atoms with Crippen LogP contribution in [0.3, 0.4) is 0 Å². The Morgan fingerprint density at radius 1 is 1.00 bits per heavy atom. The molecule has 2 aromatic carbocycles. The SMILES string of the molecule is Cc1cc(C=CC#N)cc(C)c1-c1cccc2c(N)nc(Nc3ccc(C#N)nn3)nc12. The molecule has 0 aliphatic rings. The monoisotopic (exact) mass is 418 g/mol. The first-order valence-electron chi connectivity index (χ1n) is 9.75. The van der Waals surface area contributed by atoms with E-state index >= 15 is 0 Å². The van der Waals surface area contributed by atoms with Gasteiger partial charge in [-0.1, -0.05) is 24.3 Å². The lowest BCUT2D eigenvalue weighted by molar-refractivity contribution is 1.01. The molecular formula is C24H18N8. The summed E-state index contributed by atoms with van der Waals surface area (Å²) in [6.45, 7) is 4.06. The number of anilines is 3. The molecular weight excluding hydrogens is 400 g/mol. The second-order valence-electron chi connectivity index (χ2n) is 7.17. The molecule has 0 bridgehead atoms. The fourth-order valence-electron chi connectivity index (χ4n) is 3.66. The lowest BCUT2D eigenvalue weighted by atomic mass is 9.92. The highest BCUT2D eigenvalue weighted by atomic mass is 15.2. The molecule has 0 spiro atoms. The standard InChI is InChI=1S/C24H18N8/c1-14-11-16(5-4-10-25)12-15(2)21(14)18-6-3-7-19-22(18)29-24(30-23(19)27)28-20-9-8-17(13-26)31-32-20/h3-9,11-12H,1-2H3,(H3,27,28,29,30,32). The van der Waals surface area contributed by atoms with Crippen LogP contribution in [0.2, 0.25) is 0 Å². The van der Waals surface area contributed by atoms with Crippen molar-refractivity contribution in [2.75, 3.05) is 11.1 Å². The van der Waals surface area contributed by atoms with Crippen LogP contribution in [-0.2, 0) is 0 Å². The van der Waals surface area contributed by atoms with Crippen LogP contribution in [0.4, 0.5) is 17.6 Å². The first kappa shape index (κ1) is 20.5. The molecule has 2 heterocycles. The molecule has 0 amide bonds. The van der Waals surface area contributed by atoms with E-state index in [4.69, 9.17) is 21.2 Å². The Bertz CT molecular complexity index is 1420. The number of hydrogen-bond donors (Lipinski definition) is 2. The van der Waals surface area contributed by atoms with Gasteiger partial charge in [0.2, 0.25) is 5.95 Å². The minimum atomic E-state index is 0.218. The van der Waals surface area contributed by atoms with Crippen molar-refractivity contribution in [1.29, 1.82) is 10.5 Å². The molecule has 0 aliphatic heterocycles. The van der Waals surface area contributed by atoms with Gasteiger partial charge in [-0.15, -0.1) is 10.2 Å². The third-order valence-corrected chi connectivity index (χ3v) is 4.95. The largest absolute Gasteiger partial charge is 0.383 e. The van der Waals surface area contributed by atoms with Crippen molar-refractivity contribution in [3.63, 3.8) is 0 Å². The molecule has 0 saturated carbocycles. The van der Waals surface area contributed by atoms with Crippen LogP contribution < -0.4 is 11.1 Å². The molecule has 0 saturated heterocycles. The van der Waals surface area contributed by atoms with Crippen LogP contribution in [0.1, 0.15) is 22.4 Å². The van der Waals surface area contributed by atoms with Gasteiger partial charge in [-0.25, -0.2) is 4.98 Å². The summed E-state index contributed by atoms with van der Waals surface area (Å²) in [4.78, 5) is 9.06. The number of nitrogens with zero attached hydrogens (tertiary/aromatic N) is 6. The average Bonchev–Trinajstić information content (AvgIpc) is 2.78. The van der Waals surface area contributed by atoms with E-state index in [1.807, 2.05) is 56.3 Å². The number of nitrogens with one attached hydrogen (secondary N) is 1. The van der Waals surface area contributed by atoms with Crippen LogP contribution in [0.25, 0.3) is 28.1 Å². The first-order valence-corrected chi connectivity index (χ1v) is 9.75. The van der Waals surface area contributed by atoms with Crippen molar-refractivity contribution in [2.45, 2.75) is 13.8 Å². The maximum absolute atomic E-state index is 8.88. The lowest BCUT2D eigenvalue weighted by Gasteiger charge is -2.15. The predicted octanol–water partition coefficient (Wildman–Crippen LogP) is 4.44. The van der Waals surface area contributed by atoms with Crippen molar-refractivity contribution in [1.82, 2.24) is 20.2 Å². The summed E-state index contributed by atoms with van der Waals surface area (Å²) in [6.07, 6.45) is 3.25. The van der Waals surface area contributed by atoms with Gasteiger partial charge in [0, 0.05) is 17.0 Å². The number of fused-ring (bicyclic) bond motifs is 1. The fraction of sp³-hybridized carbons (Fsp3) is 0.0833. The average molecular weight is 418 g/mol. The predicted molar refractivity (Wildman–Crippen MR) is 124 cm³/mol. The zero-order valence-corrected chi connectivity index (χ0v) is 17.5. The van der Waals surface area contributed by atoms with E-state index in [0.717, 1.165) is 33.2 Å². The van der Waals surface area contributed by atoms with Crippen molar-refractivity contribution in [3.8, 4) is 23.3 Å². The van der Waals surface area contributed by atoms with Gasteiger partial charge in [-0.2, -0.15) is 15.5 Å². The van der Waals surface area contributed by atoms with E-state index in [9.17, 15) is 0 Å². The quantitative estimate of drug-likeness (QED) is 0.464. The Kier molecular flexibility index (Phi) is 5.44. The number of rotatable bonds is 4. The van der Waals surface area contributed by atoms with E-state index in [0.29, 0.717) is 17.2 Å². The van der Waals surface area contributed by atoms with Crippen molar-refractivity contribution in [3.05, 3.63) is 70.9 Å². The highest BCUT2D eigenvalue weighted by Gasteiger charge is 2.15. The van der Waals surface area contributed by atoms with Gasteiger partial charge in [0.15, 0.2) is 11.5 Å². The van der Waals surface area contributed by atoms with Gasteiger partial charge in [0.05, 0.1) is 11.6 Å². The molecule has 4 aromatic rings. The first-order chi connectivity index (χ1) is 15.5.